The SMILES string of the molecule is CC[C@H](N)C(=O)NCC(c1cccs1)N(C)C.Cl.Cl. The first-order chi connectivity index (χ1) is 8.06. The van der Waals surface area contributed by atoms with E-state index in [2.05, 4.69) is 16.3 Å². The van der Waals surface area contributed by atoms with Crippen LogP contribution in [0.3, 0.4) is 0 Å². The van der Waals surface area contributed by atoms with E-state index in [1.165, 1.54) is 4.88 Å². The number of nitrogens with one attached hydrogen (secondary N) is 1. The summed E-state index contributed by atoms with van der Waals surface area (Å²) in [6.07, 6.45) is 0.664. The number of amides is 1. The van der Waals surface area contributed by atoms with Crippen molar-refractivity contribution in [3.8, 4) is 0 Å². The molecule has 4 nitrogen and oxygen atoms in total. The Hall–Kier alpha value is -0.330. The summed E-state index contributed by atoms with van der Waals surface area (Å²) in [4.78, 5) is 15.0. The Morgan fingerprint density at radius 3 is 2.53 bits per heavy atom. The van der Waals surface area contributed by atoms with Crippen molar-refractivity contribution < 1.29 is 4.79 Å². The Balaban J connectivity index is 0. The van der Waals surface area contributed by atoms with Crippen molar-refractivity contribution in [2.24, 2.45) is 5.73 Å². The lowest BCUT2D eigenvalue weighted by Gasteiger charge is -2.24. The van der Waals surface area contributed by atoms with Gasteiger partial charge in [-0.2, -0.15) is 0 Å². The molecule has 7 heteroatoms. The molecule has 0 aromatic carbocycles. The number of carbonyl (C=O) groups is 1. The van der Waals surface area contributed by atoms with Crippen molar-refractivity contribution in [3.63, 3.8) is 0 Å². The predicted molar refractivity (Wildman–Crippen MR) is 86.5 cm³/mol. The second-order valence-corrected chi connectivity index (χ2v) is 5.23. The summed E-state index contributed by atoms with van der Waals surface area (Å²) in [5.74, 6) is -0.0732. The summed E-state index contributed by atoms with van der Waals surface area (Å²) in [6.45, 7) is 2.51. The largest absolute Gasteiger partial charge is 0.353 e. The highest BCUT2D eigenvalue weighted by Crippen LogP contribution is 2.22. The van der Waals surface area contributed by atoms with Crippen LogP contribution in [0.5, 0.6) is 0 Å². The molecule has 19 heavy (non-hydrogen) atoms. The van der Waals surface area contributed by atoms with Crippen LogP contribution in [0.4, 0.5) is 0 Å². The van der Waals surface area contributed by atoms with Gasteiger partial charge in [0.15, 0.2) is 0 Å². The average molecular weight is 328 g/mol. The van der Waals surface area contributed by atoms with Gasteiger partial charge in [0.2, 0.25) is 5.91 Å². The number of hydrogen-bond donors (Lipinski definition) is 2. The van der Waals surface area contributed by atoms with Crippen LogP contribution >= 0.6 is 36.2 Å². The number of carbonyl (C=O) groups excluding carboxylic acids is 1. The van der Waals surface area contributed by atoms with Gasteiger partial charge in [-0.1, -0.05) is 13.0 Å². The third-order valence-electron chi connectivity index (χ3n) is 2.74. The summed E-state index contributed by atoms with van der Waals surface area (Å²) < 4.78 is 0. The molecule has 0 radical (unpaired) electrons. The molecule has 1 rings (SSSR count). The van der Waals surface area contributed by atoms with Gasteiger partial charge in [0.05, 0.1) is 12.1 Å². The monoisotopic (exact) mass is 327 g/mol. The van der Waals surface area contributed by atoms with Crippen molar-refractivity contribution >= 4 is 42.1 Å². The van der Waals surface area contributed by atoms with Crippen LogP contribution in [0.15, 0.2) is 17.5 Å². The minimum absolute atomic E-state index is 0. The first-order valence-corrected chi connectivity index (χ1v) is 6.67. The molecule has 1 amide bonds. The lowest BCUT2D eigenvalue weighted by Crippen LogP contribution is -2.43. The molecular formula is C12H23Cl2N3OS. The number of rotatable bonds is 6. The minimum atomic E-state index is -0.402. The number of nitrogens with two attached hydrogens (primary N) is 1. The van der Waals surface area contributed by atoms with Crippen molar-refractivity contribution in [1.29, 1.82) is 0 Å². The maximum absolute atomic E-state index is 11.6. The zero-order valence-electron chi connectivity index (χ0n) is 11.5. The molecule has 1 unspecified atom stereocenters. The minimum Gasteiger partial charge on any atom is -0.353 e. The van der Waals surface area contributed by atoms with Crippen LogP contribution < -0.4 is 11.1 Å². The second-order valence-electron chi connectivity index (χ2n) is 4.25. The van der Waals surface area contributed by atoms with Crippen LogP contribution in [-0.2, 0) is 4.79 Å². The highest BCUT2D eigenvalue weighted by atomic mass is 35.5. The summed E-state index contributed by atoms with van der Waals surface area (Å²) in [5, 5.41) is 4.95. The van der Waals surface area contributed by atoms with Gasteiger partial charge in [-0.15, -0.1) is 36.2 Å². The predicted octanol–water partition coefficient (Wildman–Crippen LogP) is 2.05. The third-order valence-corrected chi connectivity index (χ3v) is 3.71. The normalized spacial score (nSPS) is 13.1. The van der Waals surface area contributed by atoms with E-state index < -0.39 is 6.04 Å². The molecule has 0 aliphatic heterocycles. The smallest absolute Gasteiger partial charge is 0.236 e. The topological polar surface area (TPSA) is 58.4 Å². The highest BCUT2D eigenvalue weighted by Gasteiger charge is 2.17. The summed E-state index contributed by atoms with van der Waals surface area (Å²) in [6, 6.07) is 3.92. The summed E-state index contributed by atoms with van der Waals surface area (Å²) >= 11 is 1.70. The number of halogens is 2. The molecular weight excluding hydrogens is 305 g/mol. The van der Waals surface area contributed by atoms with E-state index in [1.54, 1.807) is 11.3 Å². The maximum atomic E-state index is 11.6. The van der Waals surface area contributed by atoms with Crippen LogP contribution in [0.2, 0.25) is 0 Å². The fourth-order valence-corrected chi connectivity index (χ4v) is 2.45. The van der Waals surface area contributed by atoms with Crippen molar-refractivity contribution in [3.05, 3.63) is 22.4 Å². The fraction of sp³-hybridized carbons (Fsp3) is 0.583. The van der Waals surface area contributed by atoms with Gasteiger partial charge < -0.3 is 16.0 Å². The van der Waals surface area contributed by atoms with E-state index in [0.717, 1.165) is 0 Å². The first kappa shape index (κ1) is 21.0. The van der Waals surface area contributed by atoms with Crippen molar-refractivity contribution in [1.82, 2.24) is 10.2 Å². The molecule has 0 fully saturated rings. The first-order valence-electron chi connectivity index (χ1n) is 5.79. The van der Waals surface area contributed by atoms with Gasteiger partial charge in [0.1, 0.15) is 0 Å². The van der Waals surface area contributed by atoms with Gasteiger partial charge in [-0.05, 0) is 32.0 Å². The van der Waals surface area contributed by atoms with Crippen LogP contribution in [0.1, 0.15) is 24.3 Å². The third kappa shape index (κ3) is 6.58. The van der Waals surface area contributed by atoms with Crippen molar-refractivity contribution in [2.45, 2.75) is 25.4 Å². The zero-order valence-corrected chi connectivity index (χ0v) is 13.9. The van der Waals surface area contributed by atoms with Gasteiger partial charge in [0, 0.05) is 11.4 Å². The molecule has 0 saturated carbocycles. The van der Waals surface area contributed by atoms with E-state index >= 15 is 0 Å². The van der Waals surface area contributed by atoms with Gasteiger partial charge in [0.25, 0.3) is 0 Å². The quantitative estimate of drug-likeness (QED) is 0.840. The molecule has 0 bridgehead atoms. The molecule has 1 aromatic rings. The number of likely N-dealkylation sites (N-methyl/N-ethyl adjacent to an activating group) is 1. The molecule has 1 heterocycles. The fourth-order valence-electron chi connectivity index (χ4n) is 1.53. The van der Waals surface area contributed by atoms with Crippen LogP contribution in [0, 0.1) is 0 Å². The lowest BCUT2D eigenvalue weighted by atomic mass is 10.2. The molecule has 112 valence electrons. The number of hydrogen-bond acceptors (Lipinski definition) is 4. The Morgan fingerprint density at radius 1 is 1.47 bits per heavy atom. The Morgan fingerprint density at radius 2 is 2.11 bits per heavy atom. The highest BCUT2D eigenvalue weighted by molar-refractivity contribution is 7.10. The zero-order chi connectivity index (χ0) is 12.8. The molecule has 2 atom stereocenters. The molecule has 0 aliphatic carbocycles. The van der Waals surface area contributed by atoms with Gasteiger partial charge in [-0.3, -0.25) is 4.79 Å². The number of nitrogens with zero attached hydrogens (tertiary/aromatic N) is 1. The van der Waals surface area contributed by atoms with E-state index in [1.807, 2.05) is 32.5 Å². The number of thiophene rings is 1. The Labute approximate surface area is 131 Å². The van der Waals surface area contributed by atoms with E-state index in [4.69, 9.17) is 5.73 Å². The summed E-state index contributed by atoms with van der Waals surface area (Å²) in [7, 11) is 4.02. The van der Waals surface area contributed by atoms with E-state index in [-0.39, 0.29) is 36.8 Å². The molecule has 0 aliphatic rings. The molecule has 0 saturated heterocycles. The van der Waals surface area contributed by atoms with Crippen molar-refractivity contribution in [2.75, 3.05) is 20.6 Å². The average Bonchev–Trinajstić information content (AvgIpc) is 2.81. The summed E-state index contributed by atoms with van der Waals surface area (Å²) in [5.41, 5.74) is 5.67. The maximum Gasteiger partial charge on any atom is 0.236 e. The van der Waals surface area contributed by atoms with Gasteiger partial charge >= 0.3 is 0 Å². The second kappa shape index (κ2) is 10.5. The molecule has 1 aromatic heterocycles. The van der Waals surface area contributed by atoms with E-state index in [0.29, 0.717) is 13.0 Å². The van der Waals surface area contributed by atoms with Crippen LogP contribution in [0.25, 0.3) is 0 Å². The molecule has 3 N–H and O–H groups in total. The Bertz CT molecular complexity index is 347. The van der Waals surface area contributed by atoms with E-state index in [9.17, 15) is 4.79 Å². The molecule has 0 spiro atoms. The van der Waals surface area contributed by atoms with Gasteiger partial charge in [-0.25, -0.2) is 0 Å². The Kier molecular flexibility index (Phi) is 11.5. The standard InChI is InChI=1S/C12H21N3OS.2ClH/c1-4-9(13)12(16)14-8-10(15(2)3)11-6-5-7-17-11;;/h5-7,9-10H,4,8,13H2,1-3H3,(H,14,16);2*1H/t9-,10?;;/m0../s1. The van der Waals surface area contributed by atoms with Crippen LogP contribution in [-0.4, -0.2) is 37.5 Å². The lowest BCUT2D eigenvalue weighted by molar-refractivity contribution is -0.122.